The van der Waals surface area contributed by atoms with E-state index in [9.17, 15) is 5.26 Å². The van der Waals surface area contributed by atoms with E-state index >= 15 is 0 Å². The number of fused-ring (bicyclic) bond motifs is 1. The number of ether oxygens (including phenoxy) is 3. The smallest absolute Gasteiger partial charge is 0.259 e. The van der Waals surface area contributed by atoms with Crippen molar-refractivity contribution in [3.63, 3.8) is 0 Å². The number of hydrogen-bond acceptors (Lipinski definition) is 10. The number of rotatable bonds is 19. The van der Waals surface area contributed by atoms with Gasteiger partial charge in [0.2, 0.25) is 0 Å². The molecule has 0 bridgehead atoms. The van der Waals surface area contributed by atoms with E-state index in [-0.39, 0.29) is 18.7 Å². The Kier molecular flexibility index (Phi) is 12.7. The molecule has 0 amide bonds. The van der Waals surface area contributed by atoms with Crippen molar-refractivity contribution in [1.82, 2.24) is 24.2 Å². The van der Waals surface area contributed by atoms with Crippen LogP contribution in [0, 0.1) is 11.3 Å². The van der Waals surface area contributed by atoms with E-state index in [0.717, 1.165) is 52.5 Å². The van der Waals surface area contributed by atoms with Crippen LogP contribution < -0.4 is 9.47 Å². The fourth-order valence-electron chi connectivity index (χ4n) is 6.63. The molecule has 0 spiro atoms. The summed E-state index contributed by atoms with van der Waals surface area (Å²) in [6, 6.07) is 28.8. The Hall–Kier alpha value is -4.43. The Bertz CT molecular complexity index is 1900. The fraction of sp³-hybridized carbons (Fsp3) is 0.415. The lowest BCUT2D eigenvalue weighted by Gasteiger charge is -2.36. The summed E-state index contributed by atoms with van der Waals surface area (Å²) in [4.78, 5) is 14.8. The van der Waals surface area contributed by atoms with E-state index in [2.05, 4.69) is 60.1 Å². The summed E-state index contributed by atoms with van der Waals surface area (Å²) in [6.07, 6.45) is 4.30. The van der Waals surface area contributed by atoms with Gasteiger partial charge in [-0.3, -0.25) is 0 Å². The third-order valence-electron chi connectivity index (χ3n) is 9.30. The molecule has 1 aliphatic carbocycles. The second-order valence-corrected chi connectivity index (χ2v) is 15.0. The highest BCUT2D eigenvalue weighted by molar-refractivity contribution is 7.44. The molecule has 1 fully saturated rings. The summed E-state index contributed by atoms with van der Waals surface area (Å²) in [5, 5.41) is 9.18. The minimum atomic E-state index is -1.42. The Balaban J connectivity index is 1.39. The van der Waals surface area contributed by atoms with Crippen molar-refractivity contribution < 1.29 is 23.3 Å². The van der Waals surface area contributed by atoms with Gasteiger partial charge < -0.3 is 27.8 Å². The first-order valence-corrected chi connectivity index (χ1v) is 19.3. The fourth-order valence-corrected chi connectivity index (χ4v) is 8.21. The molecule has 0 radical (unpaired) electrons. The van der Waals surface area contributed by atoms with Crippen molar-refractivity contribution in [2.75, 3.05) is 27.4 Å². The molecule has 278 valence electrons. The molecule has 53 heavy (non-hydrogen) atoms. The van der Waals surface area contributed by atoms with Crippen molar-refractivity contribution in [1.29, 1.82) is 5.26 Å². The highest BCUT2D eigenvalue weighted by atomic mass is 31.2. The number of benzene rings is 3. The van der Waals surface area contributed by atoms with Crippen LogP contribution in [0.2, 0.25) is 0 Å². The number of methoxy groups -OCH3 is 2. The van der Waals surface area contributed by atoms with Crippen molar-refractivity contribution in [2.45, 2.75) is 83.7 Å². The van der Waals surface area contributed by atoms with Gasteiger partial charge in [0, 0.05) is 24.5 Å². The number of imidazole rings is 1. The van der Waals surface area contributed by atoms with Gasteiger partial charge in [-0.25, -0.2) is 19.6 Å². The molecule has 1 saturated carbocycles. The topological polar surface area (TPSA) is 117 Å². The minimum absolute atomic E-state index is 0.152. The standard InChI is InChI=1S/C41H49N6O5P/c1-29(2)47(30(3)4)53(51-25-10-23-42)52-26-24-46-38(44-37-27-43-39(31-13-14-31)45-40(37)46)28-50-41(32-11-8-7-9-12-32,33-15-19-35(48-5)20-16-33)34-17-21-36(49-6)22-18-34/h7-9,11-12,15-22,27,29-31H,10,13-14,24-26,28H2,1-6H3. The predicted octanol–water partition coefficient (Wildman–Crippen LogP) is 8.52. The van der Waals surface area contributed by atoms with Crippen LogP contribution in [0.5, 0.6) is 11.5 Å². The first-order valence-electron chi connectivity index (χ1n) is 18.2. The van der Waals surface area contributed by atoms with Gasteiger partial charge in [-0.2, -0.15) is 5.26 Å². The first kappa shape index (κ1) is 38.3. The number of nitriles is 1. The summed E-state index contributed by atoms with van der Waals surface area (Å²) in [6.45, 7) is 9.79. The van der Waals surface area contributed by atoms with Crippen LogP contribution >= 0.6 is 8.53 Å². The van der Waals surface area contributed by atoms with E-state index in [0.29, 0.717) is 43.4 Å². The van der Waals surface area contributed by atoms with Crippen LogP contribution in [-0.2, 0) is 32.5 Å². The summed E-state index contributed by atoms with van der Waals surface area (Å²) in [5.41, 5.74) is 3.24. The van der Waals surface area contributed by atoms with Gasteiger partial charge in [-0.1, -0.05) is 54.6 Å². The Labute approximate surface area is 313 Å². The average molecular weight is 737 g/mol. The molecule has 1 unspecified atom stereocenters. The van der Waals surface area contributed by atoms with Crippen LogP contribution in [0.1, 0.15) is 81.2 Å². The molecule has 5 aromatic rings. The Morgan fingerprint density at radius 2 is 1.42 bits per heavy atom. The SMILES string of the molecule is COc1ccc(C(OCc2nc3cnc(C4CC4)nc3n2CCOP(OCCC#N)N(C(C)C)C(C)C)(c2ccccc2)c2ccc(OC)cc2)cc1. The monoisotopic (exact) mass is 736 g/mol. The zero-order valence-electron chi connectivity index (χ0n) is 31.4. The summed E-state index contributed by atoms with van der Waals surface area (Å²) in [5.74, 6) is 3.42. The van der Waals surface area contributed by atoms with Gasteiger partial charge in [-0.05, 0) is 81.5 Å². The molecular formula is C41H49N6O5P. The maximum atomic E-state index is 9.18. The van der Waals surface area contributed by atoms with Gasteiger partial charge in [0.1, 0.15) is 40.9 Å². The van der Waals surface area contributed by atoms with E-state index in [1.54, 1.807) is 14.2 Å². The van der Waals surface area contributed by atoms with Crippen LogP contribution in [0.4, 0.5) is 0 Å². The zero-order valence-corrected chi connectivity index (χ0v) is 32.3. The highest BCUT2D eigenvalue weighted by Gasteiger charge is 2.39. The van der Waals surface area contributed by atoms with Crippen molar-refractivity contribution in [2.24, 2.45) is 0 Å². The average Bonchev–Trinajstić information content (AvgIpc) is 3.97. The normalized spacial score (nSPS) is 13.9. The molecule has 2 aromatic heterocycles. The molecule has 12 heteroatoms. The van der Waals surface area contributed by atoms with E-state index < -0.39 is 14.1 Å². The minimum Gasteiger partial charge on any atom is -0.497 e. The number of hydrogen-bond donors (Lipinski definition) is 0. The van der Waals surface area contributed by atoms with Gasteiger partial charge >= 0.3 is 0 Å². The maximum Gasteiger partial charge on any atom is 0.259 e. The molecule has 11 nitrogen and oxygen atoms in total. The predicted molar refractivity (Wildman–Crippen MR) is 206 cm³/mol. The molecule has 1 atom stereocenters. The third-order valence-corrected chi connectivity index (χ3v) is 11.4. The van der Waals surface area contributed by atoms with Crippen molar-refractivity contribution >= 4 is 19.7 Å². The lowest BCUT2D eigenvalue weighted by atomic mass is 9.80. The summed E-state index contributed by atoms with van der Waals surface area (Å²) >= 11 is 0. The van der Waals surface area contributed by atoms with Gasteiger partial charge in [0.25, 0.3) is 8.53 Å². The number of nitrogens with zero attached hydrogens (tertiary/aromatic N) is 6. The van der Waals surface area contributed by atoms with Gasteiger partial charge in [0.05, 0.1) is 46.1 Å². The van der Waals surface area contributed by atoms with Crippen LogP contribution in [0.25, 0.3) is 11.2 Å². The Morgan fingerprint density at radius 1 is 0.830 bits per heavy atom. The molecule has 0 aliphatic heterocycles. The highest BCUT2D eigenvalue weighted by Crippen LogP contribution is 2.46. The number of aromatic nitrogens is 4. The quantitative estimate of drug-likeness (QED) is 0.0464. The largest absolute Gasteiger partial charge is 0.497 e. The molecule has 6 rings (SSSR count). The third kappa shape index (κ3) is 8.70. The van der Waals surface area contributed by atoms with E-state index in [1.807, 2.05) is 72.9 Å². The Morgan fingerprint density at radius 3 is 1.96 bits per heavy atom. The molecule has 3 aromatic carbocycles. The van der Waals surface area contributed by atoms with Gasteiger partial charge in [0.15, 0.2) is 5.65 Å². The molecule has 0 N–H and O–H groups in total. The molecule has 2 heterocycles. The van der Waals surface area contributed by atoms with Gasteiger partial charge in [-0.15, -0.1) is 0 Å². The second kappa shape index (κ2) is 17.6. The lowest BCUT2D eigenvalue weighted by Crippen LogP contribution is -2.34. The first-order chi connectivity index (χ1) is 25.8. The summed E-state index contributed by atoms with van der Waals surface area (Å²) in [7, 11) is 1.91. The molecule has 1 aliphatic rings. The van der Waals surface area contributed by atoms with E-state index in [4.69, 9.17) is 33.2 Å². The van der Waals surface area contributed by atoms with Crippen LogP contribution in [0.3, 0.4) is 0 Å². The molecular weight excluding hydrogens is 687 g/mol. The van der Waals surface area contributed by atoms with Crippen LogP contribution in [0.15, 0.2) is 85.1 Å². The lowest BCUT2D eigenvalue weighted by molar-refractivity contribution is -0.00456. The second-order valence-electron chi connectivity index (χ2n) is 13.6. The molecule has 0 saturated heterocycles. The maximum absolute atomic E-state index is 9.18. The summed E-state index contributed by atoms with van der Waals surface area (Å²) < 4.78 is 35.4. The van der Waals surface area contributed by atoms with Crippen molar-refractivity contribution in [3.8, 4) is 17.6 Å². The van der Waals surface area contributed by atoms with E-state index in [1.165, 1.54) is 0 Å². The van der Waals surface area contributed by atoms with Crippen molar-refractivity contribution in [3.05, 3.63) is 113 Å². The van der Waals surface area contributed by atoms with Crippen LogP contribution in [-0.4, -0.2) is 63.7 Å². The zero-order chi connectivity index (χ0) is 37.4.